The minimum Gasteiger partial charge on any atom is -0.505 e. The maximum Gasteiger partial charge on any atom is 0.164 e. The molecule has 2 aromatic carbocycles. The average molecular weight is 268 g/mol. The Hall–Kier alpha value is -2.62. The lowest BCUT2D eigenvalue weighted by Gasteiger charge is -2.00. The summed E-state index contributed by atoms with van der Waals surface area (Å²) >= 11 is 0. The second kappa shape index (κ2) is 5.17. The first-order valence-corrected chi connectivity index (χ1v) is 6.29. The van der Waals surface area contributed by atoms with E-state index in [9.17, 15) is 9.50 Å². The van der Waals surface area contributed by atoms with Crippen LogP contribution in [-0.4, -0.2) is 15.1 Å². The first-order chi connectivity index (χ1) is 9.72. The lowest BCUT2D eigenvalue weighted by atomic mass is 10.1. The molecule has 3 nitrogen and oxygen atoms in total. The summed E-state index contributed by atoms with van der Waals surface area (Å²) in [5, 5.41) is 9.39. The summed E-state index contributed by atoms with van der Waals surface area (Å²) in [5.41, 5.74) is 2.62. The number of aromatic amines is 1. The van der Waals surface area contributed by atoms with Crippen LogP contribution in [0.5, 0.6) is 5.75 Å². The fourth-order valence-electron chi connectivity index (χ4n) is 2.07. The summed E-state index contributed by atoms with van der Waals surface area (Å²) in [5.74, 6) is -0.158. The van der Waals surface area contributed by atoms with Crippen molar-refractivity contribution in [2.45, 2.75) is 6.42 Å². The van der Waals surface area contributed by atoms with Crippen LogP contribution in [0.4, 0.5) is 4.39 Å². The van der Waals surface area contributed by atoms with Gasteiger partial charge in [-0.2, -0.15) is 0 Å². The Labute approximate surface area is 115 Å². The van der Waals surface area contributed by atoms with Crippen LogP contribution >= 0.6 is 0 Å². The topological polar surface area (TPSA) is 48.9 Å². The van der Waals surface area contributed by atoms with Crippen LogP contribution in [0.25, 0.3) is 11.3 Å². The molecule has 0 aliphatic carbocycles. The van der Waals surface area contributed by atoms with Crippen LogP contribution < -0.4 is 0 Å². The molecule has 0 saturated carbocycles. The van der Waals surface area contributed by atoms with E-state index >= 15 is 0 Å². The molecule has 0 spiro atoms. The van der Waals surface area contributed by atoms with E-state index in [1.54, 1.807) is 12.3 Å². The third-order valence-electron chi connectivity index (χ3n) is 3.10. The molecule has 0 bridgehead atoms. The molecule has 1 heterocycles. The number of phenols is 1. The van der Waals surface area contributed by atoms with Gasteiger partial charge in [-0.15, -0.1) is 0 Å². The van der Waals surface area contributed by atoms with E-state index in [-0.39, 0.29) is 5.75 Å². The molecule has 3 aromatic rings. The molecule has 2 N–H and O–H groups in total. The van der Waals surface area contributed by atoms with Crippen molar-refractivity contribution in [2.24, 2.45) is 0 Å². The van der Waals surface area contributed by atoms with E-state index in [1.807, 2.05) is 30.3 Å². The lowest BCUT2D eigenvalue weighted by molar-refractivity contribution is 0.432. The van der Waals surface area contributed by atoms with Crippen molar-refractivity contribution in [1.82, 2.24) is 9.97 Å². The van der Waals surface area contributed by atoms with Crippen molar-refractivity contribution < 1.29 is 9.50 Å². The van der Waals surface area contributed by atoms with Crippen LogP contribution in [0.15, 0.2) is 54.7 Å². The van der Waals surface area contributed by atoms with E-state index < -0.39 is 5.82 Å². The van der Waals surface area contributed by atoms with Crippen molar-refractivity contribution in [2.75, 3.05) is 0 Å². The Kier molecular flexibility index (Phi) is 3.21. The highest BCUT2D eigenvalue weighted by atomic mass is 19.1. The van der Waals surface area contributed by atoms with Gasteiger partial charge in [0.15, 0.2) is 11.6 Å². The molecule has 20 heavy (non-hydrogen) atoms. The predicted molar refractivity (Wildman–Crippen MR) is 74.9 cm³/mol. The number of hydrogen-bond acceptors (Lipinski definition) is 2. The molecule has 0 radical (unpaired) electrons. The van der Waals surface area contributed by atoms with Crippen LogP contribution in [0.3, 0.4) is 0 Å². The standard InChI is InChI=1S/C16H13FN2O/c17-13-7-6-12(9-15(13)20)14-10-18-16(19-14)8-11-4-2-1-3-5-11/h1-7,9-10,20H,8H2,(H,18,19). The fraction of sp³-hybridized carbons (Fsp3) is 0.0625. The third kappa shape index (κ3) is 2.54. The molecule has 1 aromatic heterocycles. The molecule has 0 atom stereocenters. The quantitative estimate of drug-likeness (QED) is 0.763. The van der Waals surface area contributed by atoms with E-state index in [0.29, 0.717) is 12.0 Å². The molecule has 0 aliphatic heterocycles. The number of imidazole rings is 1. The zero-order valence-electron chi connectivity index (χ0n) is 10.7. The van der Waals surface area contributed by atoms with E-state index in [4.69, 9.17) is 0 Å². The zero-order chi connectivity index (χ0) is 13.9. The summed E-state index contributed by atoms with van der Waals surface area (Å²) in [6.07, 6.45) is 2.39. The van der Waals surface area contributed by atoms with Crippen molar-refractivity contribution in [3.05, 3.63) is 71.9 Å². The molecule has 0 saturated heterocycles. The van der Waals surface area contributed by atoms with Crippen LogP contribution in [0, 0.1) is 5.82 Å². The minimum atomic E-state index is -0.627. The number of aromatic hydroxyl groups is 1. The van der Waals surface area contributed by atoms with Gasteiger partial charge in [0.25, 0.3) is 0 Å². The Morgan fingerprint density at radius 1 is 1.10 bits per heavy atom. The zero-order valence-corrected chi connectivity index (χ0v) is 10.7. The second-order valence-electron chi connectivity index (χ2n) is 4.57. The van der Waals surface area contributed by atoms with Crippen LogP contribution in [0.2, 0.25) is 0 Å². The monoisotopic (exact) mass is 268 g/mol. The fourth-order valence-corrected chi connectivity index (χ4v) is 2.07. The number of benzene rings is 2. The average Bonchev–Trinajstić information content (AvgIpc) is 2.91. The number of nitrogens with one attached hydrogen (secondary N) is 1. The molecule has 4 heteroatoms. The molecular formula is C16H13FN2O. The lowest BCUT2D eigenvalue weighted by Crippen LogP contribution is -1.90. The van der Waals surface area contributed by atoms with Crippen LogP contribution in [-0.2, 0) is 6.42 Å². The molecular weight excluding hydrogens is 255 g/mol. The van der Waals surface area contributed by atoms with Crippen molar-refractivity contribution >= 4 is 0 Å². The first kappa shape index (κ1) is 12.4. The van der Waals surface area contributed by atoms with Gasteiger partial charge in [-0.3, -0.25) is 0 Å². The highest BCUT2D eigenvalue weighted by Crippen LogP contribution is 2.24. The SMILES string of the molecule is Oc1cc(-c2cnc(Cc3ccccc3)[nH]2)ccc1F. The Bertz CT molecular complexity index is 722. The van der Waals surface area contributed by atoms with E-state index in [2.05, 4.69) is 9.97 Å². The first-order valence-electron chi connectivity index (χ1n) is 6.29. The third-order valence-corrected chi connectivity index (χ3v) is 3.10. The van der Waals surface area contributed by atoms with Gasteiger partial charge >= 0.3 is 0 Å². The second-order valence-corrected chi connectivity index (χ2v) is 4.57. The largest absolute Gasteiger partial charge is 0.505 e. The van der Waals surface area contributed by atoms with Crippen molar-refractivity contribution in [1.29, 1.82) is 0 Å². The molecule has 100 valence electrons. The summed E-state index contributed by atoms with van der Waals surface area (Å²) in [6.45, 7) is 0. The highest BCUT2D eigenvalue weighted by Gasteiger charge is 2.07. The maximum absolute atomic E-state index is 13.0. The van der Waals surface area contributed by atoms with Crippen molar-refractivity contribution in [3.8, 4) is 17.0 Å². The van der Waals surface area contributed by atoms with Gasteiger partial charge in [0.1, 0.15) is 5.82 Å². The van der Waals surface area contributed by atoms with Gasteiger partial charge in [0.2, 0.25) is 0 Å². The Morgan fingerprint density at radius 3 is 2.65 bits per heavy atom. The molecule has 0 unspecified atom stereocenters. The number of hydrogen-bond donors (Lipinski definition) is 2. The van der Waals surface area contributed by atoms with Crippen LogP contribution in [0.1, 0.15) is 11.4 Å². The van der Waals surface area contributed by atoms with Gasteiger partial charge in [-0.05, 0) is 23.8 Å². The summed E-state index contributed by atoms with van der Waals surface area (Å²) in [4.78, 5) is 7.49. The van der Waals surface area contributed by atoms with Gasteiger partial charge in [-0.25, -0.2) is 9.37 Å². The summed E-state index contributed by atoms with van der Waals surface area (Å²) < 4.78 is 13.0. The number of phenolic OH excluding ortho intramolecular Hbond substituents is 1. The molecule has 0 amide bonds. The highest BCUT2D eigenvalue weighted by molar-refractivity contribution is 5.60. The Morgan fingerprint density at radius 2 is 1.90 bits per heavy atom. The molecule has 0 aliphatic rings. The smallest absolute Gasteiger partial charge is 0.164 e. The summed E-state index contributed by atoms with van der Waals surface area (Å²) in [6, 6.07) is 14.2. The van der Waals surface area contributed by atoms with Crippen molar-refractivity contribution in [3.63, 3.8) is 0 Å². The normalized spacial score (nSPS) is 10.7. The van der Waals surface area contributed by atoms with Gasteiger partial charge in [0.05, 0.1) is 11.9 Å². The number of rotatable bonds is 3. The van der Waals surface area contributed by atoms with E-state index in [0.717, 1.165) is 17.1 Å². The maximum atomic E-state index is 13.0. The number of nitrogens with zero attached hydrogens (tertiary/aromatic N) is 1. The van der Waals surface area contributed by atoms with E-state index in [1.165, 1.54) is 12.1 Å². The van der Waals surface area contributed by atoms with Gasteiger partial charge in [-0.1, -0.05) is 30.3 Å². The number of halogens is 1. The molecule has 3 rings (SSSR count). The number of H-pyrrole nitrogens is 1. The summed E-state index contributed by atoms with van der Waals surface area (Å²) in [7, 11) is 0. The Balaban J connectivity index is 1.84. The van der Waals surface area contributed by atoms with Gasteiger partial charge < -0.3 is 10.1 Å². The minimum absolute atomic E-state index is 0.360. The molecule has 0 fully saturated rings. The van der Waals surface area contributed by atoms with Gasteiger partial charge in [0, 0.05) is 12.0 Å². The predicted octanol–water partition coefficient (Wildman–Crippen LogP) is 3.51. The number of aromatic nitrogens is 2.